The van der Waals surface area contributed by atoms with Crippen LogP contribution in [-0.2, 0) is 6.42 Å². The van der Waals surface area contributed by atoms with Crippen molar-refractivity contribution in [3.05, 3.63) is 57.2 Å². The summed E-state index contributed by atoms with van der Waals surface area (Å²) in [5, 5.41) is 15.0. The van der Waals surface area contributed by atoms with Gasteiger partial charge in [-0.2, -0.15) is 0 Å². The molecular formula is C15H18ClNOS. The first-order valence-corrected chi connectivity index (χ1v) is 7.59. The number of benzene rings is 1. The molecule has 0 amide bonds. The van der Waals surface area contributed by atoms with Gasteiger partial charge in [-0.15, -0.1) is 11.3 Å². The highest BCUT2D eigenvalue weighted by molar-refractivity contribution is 7.14. The number of nitrogens with one attached hydrogen (secondary N) is 1. The summed E-state index contributed by atoms with van der Waals surface area (Å²) in [7, 11) is 0. The summed E-state index contributed by atoms with van der Waals surface area (Å²) in [5.41, 5.74) is 2.39. The second kappa shape index (κ2) is 7.06. The van der Waals surface area contributed by atoms with Crippen LogP contribution in [0.4, 0.5) is 0 Å². The Hall–Kier alpha value is -0.870. The Kier molecular flexibility index (Phi) is 5.40. The lowest BCUT2D eigenvalue weighted by Gasteiger charge is -2.21. The number of halogens is 1. The fourth-order valence-electron chi connectivity index (χ4n) is 2.08. The largest absolute Gasteiger partial charge is 0.395 e. The standard InChI is InChI=1S/C15H18ClNOS/c1-11(13-8-15(16)19-10-13)17-14(9-18)7-12-5-3-2-4-6-12/h2-6,8,10-11,14,17-18H,7,9H2,1H3/t11?,14-/m1/s1. The summed E-state index contributed by atoms with van der Waals surface area (Å²) in [5.74, 6) is 0. The first-order valence-electron chi connectivity index (χ1n) is 6.34. The molecule has 0 fully saturated rings. The first kappa shape index (κ1) is 14.5. The van der Waals surface area contributed by atoms with E-state index < -0.39 is 0 Å². The molecule has 0 saturated heterocycles. The Morgan fingerprint density at radius 1 is 1.32 bits per heavy atom. The zero-order chi connectivity index (χ0) is 13.7. The molecule has 2 aromatic rings. The maximum Gasteiger partial charge on any atom is 0.0931 e. The third-order valence-corrected chi connectivity index (χ3v) is 4.23. The van der Waals surface area contributed by atoms with E-state index in [1.807, 2.05) is 24.3 Å². The third kappa shape index (κ3) is 4.32. The Morgan fingerprint density at radius 3 is 2.63 bits per heavy atom. The van der Waals surface area contributed by atoms with Crippen LogP contribution in [-0.4, -0.2) is 17.8 Å². The van der Waals surface area contributed by atoms with Crippen LogP contribution in [0, 0.1) is 0 Å². The maximum atomic E-state index is 9.50. The molecule has 0 aliphatic heterocycles. The molecule has 4 heteroatoms. The van der Waals surface area contributed by atoms with Gasteiger partial charge >= 0.3 is 0 Å². The molecule has 0 aliphatic rings. The van der Waals surface area contributed by atoms with Gasteiger partial charge < -0.3 is 10.4 Å². The van der Waals surface area contributed by atoms with E-state index in [0.717, 1.165) is 10.8 Å². The zero-order valence-corrected chi connectivity index (χ0v) is 12.4. The van der Waals surface area contributed by atoms with E-state index in [1.165, 1.54) is 22.5 Å². The van der Waals surface area contributed by atoms with Crippen molar-refractivity contribution >= 4 is 22.9 Å². The minimum absolute atomic E-state index is 0.0519. The molecule has 1 unspecified atom stereocenters. The van der Waals surface area contributed by atoms with Crippen molar-refractivity contribution < 1.29 is 5.11 Å². The lowest BCUT2D eigenvalue weighted by molar-refractivity contribution is 0.232. The lowest BCUT2D eigenvalue weighted by Crippen LogP contribution is -2.36. The van der Waals surface area contributed by atoms with E-state index in [0.29, 0.717) is 0 Å². The molecule has 2 nitrogen and oxygen atoms in total. The summed E-state index contributed by atoms with van der Waals surface area (Å²) in [4.78, 5) is 0. The van der Waals surface area contributed by atoms with Crippen LogP contribution in [0.15, 0.2) is 41.8 Å². The van der Waals surface area contributed by atoms with E-state index in [2.05, 4.69) is 29.8 Å². The van der Waals surface area contributed by atoms with Crippen LogP contribution in [0.3, 0.4) is 0 Å². The van der Waals surface area contributed by atoms with Crippen LogP contribution < -0.4 is 5.32 Å². The molecule has 1 aromatic heterocycles. The number of hydrogen-bond acceptors (Lipinski definition) is 3. The van der Waals surface area contributed by atoms with Crippen molar-refractivity contribution in [2.24, 2.45) is 0 Å². The highest BCUT2D eigenvalue weighted by atomic mass is 35.5. The third-order valence-electron chi connectivity index (χ3n) is 3.12. The molecular weight excluding hydrogens is 278 g/mol. The minimum atomic E-state index is 0.0519. The Bertz CT molecular complexity index is 500. The van der Waals surface area contributed by atoms with Crippen molar-refractivity contribution in [3.63, 3.8) is 0 Å². The van der Waals surface area contributed by atoms with E-state index in [1.54, 1.807) is 0 Å². The highest BCUT2D eigenvalue weighted by Gasteiger charge is 2.14. The molecule has 0 aliphatic carbocycles. The molecule has 2 rings (SSSR count). The molecule has 2 atom stereocenters. The predicted octanol–water partition coefficient (Wildman–Crippen LogP) is 3.66. The summed E-state index contributed by atoms with van der Waals surface area (Å²) in [6.07, 6.45) is 0.819. The molecule has 0 radical (unpaired) electrons. The average molecular weight is 296 g/mol. The van der Waals surface area contributed by atoms with Gasteiger partial charge in [0.25, 0.3) is 0 Å². The van der Waals surface area contributed by atoms with E-state index in [-0.39, 0.29) is 18.7 Å². The molecule has 0 spiro atoms. The molecule has 0 bridgehead atoms. The molecule has 1 aromatic carbocycles. The van der Waals surface area contributed by atoms with Gasteiger partial charge in [-0.25, -0.2) is 0 Å². The first-order chi connectivity index (χ1) is 9.19. The molecule has 1 heterocycles. The van der Waals surface area contributed by atoms with E-state index >= 15 is 0 Å². The van der Waals surface area contributed by atoms with Gasteiger partial charge in [-0.3, -0.25) is 0 Å². The number of aliphatic hydroxyl groups is 1. The second-order valence-corrected chi connectivity index (χ2v) is 6.18. The molecule has 19 heavy (non-hydrogen) atoms. The van der Waals surface area contributed by atoms with Gasteiger partial charge in [0.1, 0.15) is 0 Å². The second-order valence-electron chi connectivity index (χ2n) is 4.64. The zero-order valence-electron chi connectivity index (χ0n) is 10.8. The molecule has 0 saturated carbocycles. The van der Waals surface area contributed by atoms with Crippen molar-refractivity contribution in [1.29, 1.82) is 0 Å². The Labute approximate surface area is 123 Å². The smallest absolute Gasteiger partial charge is 0.0931 e. The molecule has 102 valence electrons. The number of rotatable bonds is 6. The topological polar surface area (TPSA) is 32.3 Å². The van der Waals surface area contributed by atoms with Crippen LogP contribution >= 0.6 is 22.9 Å². The monoisotopic (exact) mass is 295 g/mol. The quantitative estimate of drug-likeness (QED) is 0.852. The van der Waals surface area contributed by atoms with E-state index in [9.17, 15) is 5.11 Å². The average Bonchev–Trinajstić information content (AvgIpc) is 2.86. The van der Waals surface area contributed by atoms with Crippen LogP contribution in [0.5, 0.6) is 0 Å². The van der Waals surface area contributed by atoms with Crippen LogP contribution in [0.2, 0.25) is 4.34 Å². The number of aliphatic hydroxyl groups excluding tert-OH is 1. The van der Waals surface area contributed by atoms with Gasteiger partial charge in [-0.1, -0.05) is 41.9 Å². The van der Waals surface area contributed by atoms with E-state index in [4.69, 9.17) is 11.6 Å². The maximum absolute atomic E-state index is 9.50. The highest BCUT2D eigenvalue weighted by Crippen LogP contribution is 2.25. The number of hydrogen-bond donors (Lipinski definition) is 2. The van der Waals surface area contributed by atoms with Crippen molar-refractivity contribution in [1.82, 2.24) is 5.32 Å². The van der Waals surface area contributed by atoms with Crippen molar-refractivity contribution in [3.8, 4) is 0 Å². The summed E-state index contributed by atoms with van der Waals surface area (Å²) in [6.45, 7) is 2.21. The Balaban J connectivity index is 1.95. The van der Waals surface area contributed by atoms with Crippen LogP contribution in [0.25, 0.3) is 0 Å². The summed E-state index contributed by atoms with van der Waals surface area (Å²) < 4.78 is 0.798. The predicted molar refractivity (Wildman–Crippen MR) is 81.9 cm³/mol. The van der Waals surface area contributed by atoms with Gasteiger partial charge in [0.15, 0.2) is 0 Å². The van der Waals surface area contributed by atoms with Crippen molar-refractivity contribution in [2.75, 3.05) is 6.61 Å². The lowest BCUT2D eigenvalue weighted by atomic mass is 10.0. The number of thiophene rings is 1. The van der Waals surface area contributed by atoms with Crippen molar-refractivity contribution in [2.45, 2.75) is 25.4 Å². The molecule has 2 N–H and O–H groups in total. The van der Waals surface area contributed by atoms with Gasteiger partial charge in [0.05, 0.1) is 10.9 Å². The van der Waals surface area contributed by atoms with Gasteiger partial charge in [0.2, 0.25) is 0 Å². The fraction of sp³-hybridized carbons (Fsp3) is 0.333. The van der Waals surface area contributed by atoms with Crippen LogP contribution in [0.1, 0.15) is 24.1 Å². The fourth-order valence-corrected chi connectivity index (χ4v) is 3.06. The Morgan fingerprint density at radius 2 is 2.05 bits per heavy atom. The SMILES string of the molecule is CC(N[C@@H](CO)Cc1ccccc1)c1csc(Cl)c1. The summed E-state index contributed by atoms with van der Waals surface area (Å²) >= 11 is 7.48. The van der Waals surface area contributed by atoms with Gasteiger partial charge in [-0.05, 0) is 35.9 Å². The van der Waals surface area contributed by atoms with Gasteiger partial charge in [0, 0.05) is 12.1 Å². The minimum Gasteiger partial charge on any atom is -0.395 e. The summed E-state index contributed by atoms with van der Waals surface area (Å²) in [6, 6.07) is 12.4. The normalized spacial score (nSPS) is 14.3.